The van der Waals surface area contributed by atoms with E-state index >= 15 is 0 Å². The minimum atomic E-state index is -1.06. The van der Waals surface area contributed by atoms with Crippen molar-refractivity contribution in [3.8, 4) is 5.75 Å². The van der Waals surface area contributed by atoms with Crippen molar-refractivity contribution in [2.24, 2.45) is 0 Å². The molecule has 2 aromatic rings. The standard InChI is InChI=1S/C18H18FNO5/c1-9-8-25-15(7-16(21)22)17(9)18(23)20-13-6-11(13)10-3-4-12(19)14(5-10)24-2/h3-5,8,11,13H,6-7H2,1-2H3,(H,20,23)(H,21,22)/t11-,13+/m0/s1. The van der Waals surface area contributed by atoms with Gasteiger partial charge in [-0.3, -0.25) is 9.59 Å². The highest BCUT2D eigenvalue weighted by atomic mass is 19.1. The Morgan fingerprint density at radius 2 is 2.20 bits per heavy atom. The Labute approximate surface area is 143 Å². The lowest BCUT2D eigenvalue weighted by Crippen LogP contribution is -2.28. The number of methoxy groups -OCH3 is 1. The number of amides is 1. The van der Waals surface area contributed by atoms with E-state index in [2.05, 4.69) is 5.32 Å². The Morgan fingerprint density at radius 3 is 2.88 bits per heavy atom. The summed E-state index contributed by atoms with van der Waals surface area (Å²) in [4.78, 5) is 23.4. The number of ether oxygens (including phenoxy) is 1. The van der Waals surface area contributed by atoms with Crippen molar-refractivity contribution in [3.63, 3.8) is 0 Å². The van der Waals surface area contributed by atoms with E-state index in [0.717, 1.165) is 12.0 Å². The molecule has 1 amide bonds. The van der Waals surface area contributed by atoms with Gasteiger partial charge in [-0.2, -0.15) is 0 Å². The van der Waals surface area contributed by atoms with Gasteiger partial charge in [0.05, 0.1) is 18.9 Å². The van der Waals surface area contributed by atoms with Crippen LogP contribution in [0.4, 0.5) is 4.39 Å². The van der Waals surface area contributed by atoms with Crippen LogP contribution < -0.4 is 10.1 Å². The number of carbonyl (C=O) groups excluding carboxylic acids is 1. The zero-order valence-electron chi connectivity index (χ0n) is 13.8. The highest BCUT2D eigenvalue weighted by Crippen LogP contribution is 2.42. The molecule has 0 unspecified atom stereocenters. The number of hydrogen-bond acceptors (Lipinski definition) is 4. The zero-order chi connectivity index (χ0) is 18.1. The number of aryl methyl sites for hydroxylation is 1. The molecular formula is C18H18FNO5. The molecule has 1 fully saturated rings. The van der Waals surface area contributed by atoms with Gasteiger partial charge in [-0.1, -0.05) is 6.07 Å². The van der Waals surface area contributed by atoms with E-state index in [1.807, 2.05) is 0 Å². The summed E-state index contributed by atoms with van der Waals surface area (Å²) in [7, 11) is 1.40. The second-order valence-corrected chi connectivity index (χ2v) is 6.10. The first-order chi connectivity index (χ1) is 11.9. The number of nitrogens with one attached hydrogen (secondary N) is 1. The molecule has 0 aliphatic heterocycles. The van der Waals surface area contributed by atoms with Crippen molar-refractivity contribution < 1.29 is 28.2 Å². The molecule has 0 radical (unpaired) electrons. The third kappa shape index (κ3) is 3.50. The van der Waals surface area contributed by atoms with Crippen molar-refractivity contribution in [1.29, 1.82) is 0 Å². The van der Waals surface area contributed by atoms with Gasteiger partial charge >= 0.3 is 5.97 Å². The fourth-order valence-corrected chi connectivity index (χ4v) is 2.94. The van der Waals surface area contributed by atoms with Crippen molar-refractivity contribution in [2.75, 3.05) is 7.11 Å². The van der Waals surface area contributed by atoms with E-state index in [0.29, 0.717) is 5.56 Å². The molecule has 0 saturated heterocycles. The Morgan fingerprint density at radius 1 is 1.44 bits per heavy atom. The third-order valence-corrected chi connectivity index (χ3v) is 4.30. The number of rotatable bonds is 6. The van der Waals surface area contributed by atoms with E-state index in [1.54, 1.807) is 19.1 Å². The molecule has 6 nitrogen and oxygen atoms in total. The Bertz CT molecular complexity index is 829. The van der Waals surface area contributed by atoms with Gasteiger partial charge in [0.25, 0.3) is 5.91 Å². The van der Waals surface area contributed by atoms with Crippen molar-refractivity contribution in [3.05, 3.63) is 52.7 Å². The van der Waals surface area contributed by atoms with Crippen LogP contribution in [-0.2, 0) is 11.2 Å². The molecule has 1 aromatic heterocycles. The minimum Gasteiger partial charge on any atom is -0.494 e. The molecule has 7 heteroatoms. The second kappa shape index (κ2) is 6.58. The number of hydrogen-bond donors (Lipinski definition) is 2. The van der Waals surface area contributed by atoms with Gasteiger partial charge < -0.3 is 19.6 Å². The second-order valence-electron chi connectivity index (χ2n) is 6.10. The SMILES string of the molecule is COc1cc([C@@H]2C[C@H]2NC(=O)c2c(C)coc2CC(=O)O)ccc1F. The maximum absolute atomic E-state index is 13.5. The lowest BCUT2D eigenvalue weighted by atomic mass is 10.1. The predicted octanol–water partition coefficient (Wildman–Crippen LogP) is 2.65. The summed E-state index contributed by atoms with van der Waals surface area (Å²) in [6, 6.07) is 4.56. The Balaban J connectivity index is 1.70. The molecule has 1 aliphatic rings. The molecule has 1 heterocycles. The van der Waals surface area contributed by atoms with E-state index in [-0.39, 0.29) is 41.4 Å². The van der Waals surface area contributed by atoms with Gasteiger partial charge in [-0.25, -0.2) is 4.39 Å². The molecule has 2 atom stereocenters. The number of aliphatic carboxylic acids is 1. The minimum absolute atomic E-state index is 0.0774. The van der Waals surface area contributed by atoms with Crippen molar-refractivity contribution in [2.45, 2.75) is 31.7 Å². The van der Waals surface area contributed by atoms with Gasteiger partial charge in [0.15, 0.2) is 11.6 Å². The first kappa shape index (κ1) is 17.0. The monoisotopic (exact) mass is 347 g/mol. The van der Waals surface area contributed by atoms with E-state index < -0.39 is 11.8 Å². The van der Waals surface area contributed by atoms with Gasteiger partial charge in [0.1, 0.15) is 12.2 Å². The highest BCUT2D eigenvalue weighted by Gasteiger charge is 2.40. The maximum atomic E-state index is 13.5. The van der Waals surface area contributed by atoms with Crippen LogP contribution in [0, 0.1) is 12.7 Å². The van der Waals surface area contributed by atoms with Crippen LogP contribution in [0.5, 0.6) is 5.75 Å². The normalized spacial score (nSPS) is 18.7. The Hall–Kier alpha value is -2.83. The smallest absolute Gasteiger partial charge is 0.311 e. The average molecular weight is 347 g/mol. The molecule has 0 spiro atoms. The van der Waals surface area contributed by atoms with Crippen LogP contribution in [0.2, 0.25) is 0 Å². The lowest BCUT2D eigenvalue weighted by molar-refractivity contribution is -0.136. The van der Waals surface area contributed by atoms with Crippen molar-refractivity contribution in [1.82, 2.24) is 5.32 Å². The molecule has 3 rings (SSSR count). The molecule has 0 bridgehead atoms. The molecule has 1 aliphatic carbocycles. The number of carboxylic acids is 1. The van der Waals surface area contributed by atoms with Gasteiger partial charge in [-0.15, -0.1) is 0 Å². The van der Waals surface area contributed by atoms with Crippen LogP contribution in [0.3, 0.4) is 0 Å². The van der Waals surface area contributed by atoms with Crippen LogP contribution in [0.1, 0.15) is 39.6 Å². The summed E-state index contributed by atoms with van der Waals surface area (Å²) in [5, 5.41) is 11.8. The van der Waals surface area contributed by atoms with E-state index in [4.69, 9.17) is 14.3 Å². The van der Waals surface area contributed by atoms with Crippen LogP contribution in [0.25, 0.3) is 0 Å². The largest absolute Gasteiger partial charge is 0.494 e. The first-order valence-electron chi connectivity index (χ1n) is 7.83. The topological polar surface area (TPSA) is 88.8 Å². The molecule has 132 valence electrons. The quantitative estimate of drug-likeness (QED) is 0.839. The summed E-state index contributed by atoms with van der Waals surface area (Å²) in [6.45, 7) is 1.69. The number of carbonyl (C=O) groups is 2. The number of carboxylic acid groups (broad SMARTS) is 1. The third-order valence-electron chi connectivity index (χ3n) is 4.30. The average Bonchev–Trinajstić information content (AvgIpc) is 3.22. The fraction of sp³-hybridized carbons (Fsp3) is 0.333. The van der Waals surface area contributed by atoms with Crippen LogP contribution >= 0.6 is 0 Å². The van der Waals surface area contributed by atoms with E-state index in [9.17, 15) is 14.0 Å². The van der Waals surface area contributed by atoms with Crippen molar-refractivity contribution >= 4 is 11.9 Å². The molecule has 1 saturated carbocycles. The van der Waals surface area contributed by atoms with Crippen LogP contribution in [-0.4, -0.2) is 30.1 Å². The molecule has 1 aromatic carbocycles. The highest BCUT2D eigenvalue weighted by molar-refractivity contribution is 5.97. The van der Waals surface area contributed by atoms with Gasteiger partial charge in [-0.05, 0) is 31.0 Å². The van der Waals surface area contributed by atoms with Crippen LogP contribution in [0.15, 0.2) is 28.9 Å². The first-order valence-corrected chi connectivity index (χ1v) is 7.83. The van der Waals surface area contributed by atoms with E-state index in [1.165, 1.54) is 19.4 Å². The molecular weight excluding hydrogens is 329 g/mol. The summed E-state index contributed by atoms with van der Waals surface area (Å²) < 4.78 is 23.6. The Kier molecular flexibility index (Phi) is 4.48. The lowest BCUT2D eigenvalue weighted by Gasteiger charge is -2.07. The van der Waals surface area contributed by atoms with Gasteiger partial charge in [0.2, 0.25) is 0 Å². The summed E-state index contributed by atoms with van der Waals surface area (Å²) >= 11 is 0. The summed E-state index contributed by atoms with van der Waals surface area (Å²) in [6.07, 6.45) is 1.76. The zero-order valence-corrected chi connectivity index (χ0v) is 13.8. The summed E-state index contributed by atoms with van der Waals surface area (Å²) in [5.74, 6) is -1.46. The maximum Gasteiger partial charge on any atom is 0.311 e. The number of benzene rings is 1. The van der Waals surface area contributed by atoms with Gasteiger partial charge in [0, 0.05) is 17.5 Å². The number of furan rings is 1. The summed E-state index contributed by atoms with van der Waals surface area (Å²) in [5.41, 5.74) is 1.75. The fourth-order valence-electron chi connectivity index (χ4n) is 2.94. The number of halogens is 1. The predicted molar refractivity (Wildman–Crippen MR) is 86.3 cm³/mol. The molecule has 25 heavy (non-hydrogen) atoms. The molecule has 2 N–H and O–H groups in total.